The maximum atomic E-state index is 13.0. The third-order valence-electron chi connectivity index (χ3n) is 6.29. The van der Waals surface area contributed by atoms with Crippen molar-refractivity contribution in [1.29, 1.82) is 0 Å². The van der Waals surface area contributed by atoms with Crippen LogP contribution in [0.2, 0.25) is 0 Å². The Labute approximate surface area is 179 Å². The average molecular weight is 445 g/mol. The number of likely N-dealkylation sites (N-methyl/N-ethyl adjacent to an activating group) is 1. The number of anilines is 1. The van der Waals surface area contributed by atoms with E-state index in [-0.39, 0.29) is 16.6 Å². The molecule has 2 unspecified atom stereocenters. The zero-order valence-electron chi connectivity index (χ0n) is 17.1. The van der Waals surface area contributed by atoms with Crippen LogP contribution in [0.3, 0.4) is 0 Å². The molecule has 1 aromatic heterocycles. The zero-order chi connectivity index (χ0) is 21.9. The van der Waals surface area contributed by atoms with Gasteiger partial charge < -0.3 is 15.3 Å². The Morgan fingerprint density at radius 1 is 1.29 bits per heavy atom. The summed E-state index contributed by atoms with van der Waals surface area (Å²) in [5.74, 6) is -0.251. The number of aromatic nitrogens is 2. The van der Waals surface area contributed by atoms with Gasteiger partial charge in [0, 0.05) is 25.3 Å². The number of nitrogens with zero attached hydrogens (tertiary/aromatic N) is 4. The first-order valence-electron chi connectivity index (χ1n) is 10.3. The van der Waals surface area contributed by atoms with E-state index in [1.807, 2.05) is 6.07 Å². The second-order valence-corrected chi connectivity index (χ2v) is 10.0. The maximum Gasteiger partial charge on any atom is 0.354 e. The molecule has 0 fully saturated rings. The van der Waals surface area contributed by atoms with Crippen molar-refractivity contribution in [2.75, 3.05) is 18.9 Å². The van der Waals surface area contributed by atoms with Crippen molar-refractivity contribution in [3.05, 3.63) is 40.1 Å². The Balaban J connectivity index is 1.48. The van der Waals surface area contributed by atoms with Gasteiger partial charge in [-0.25, -0.2) is 14.1 Å². The normalized spacial score (nSPS) is 21.3. The lowest BCUT2D eigenvalue weighted by molar-refractivity contribution is 0.0742. The topological polar surface area (TPSA) is 143 Å². The van der Waals surface area contributed by atoms with E-state index in [4.69, 9.17) is 5.14 Å². The van der Waals surface area contributed by atoms with E-state index in [1.165, 1.54) is 15.6 Å². The first kappa shape index (κ1) is 20.2. The number of aliphatic hydroxyl groups is 1. The molecule has 1 aliphatic heterocycles. The molecule has 0 spiro atoms. The van der Waals surface area contributed by atoms with E-state index in [0.29, 0.717) is 31.6 Å². The molecule has 3 aliphatic rings. The molecule has 0 radical (unpaired) electrons. The minimum atomic E-state index is -3.64. The molecule has 0 bridgehead atoms. The molecule has 2 heterocycles. The molecular weight excluding hydrogens is 420 g/mol. The van der Waals surface area contributed by atoms with Gasteiger partial charge in [-0.15, -0.1) is 4.36 Å². The summed E-state index contributed by atoms with van der Waals surface area (Å²) < 4.78 is 18.2. The van der Waals surface area contributed by atoms with E-state index >= 15 is 0 Å². The molecule has 0 saturated heterocycles. The first-order chi connectivity index (χ1) is 14.7. The van der Waals surface area contributed by atoms with Crippen LogP contribution >= 0.6 is 0 Å². The molecular formula is C20H24N6O4S. The summed E-state index contributed by atoms with van der Waals surface area (Å²) in [7, 11) is -1.97. The van der Waals surface area contributed by atoms with Gasteiger partial charge in [-0.2, -0.15) is 5.10 Å². The Morgan fingerprint density at radius 2 is 2.10 bits per heavy atom. The van der Waals surface area contributed by atoms with E-state index in [1.54, 1.807) is 7.05 Å². The van der Waals surface area contributed by atoms with Gasteiger partial charge in [0.25, 0.3) is 5.91 Å². The van der Waals surface area contributed by atoms with Crippen molar-refractivity contribution in [3.8, 4) is 0 Å². The molecule has 5 rings (SSSR count). The monoisotopic (exact) mass is 444 g/mol. The molecule has 2 aliphatic carbocycles. The van der Waals surface area contributed by atoms with Gasteiger partial charge >= 0.3 is 6.03 Å². The Morgan fingerprint density at radius 3 is 2.90 bits per heavy atom. The Hall–Kier alpha value is -2.76. The maximum absolute atomic E-state index is 13.0. The largest absolute Gasteiger partial charge is 0.388 e. The smallest absolute Gasteiger partial charge is 0.354 e. The highest BCUT2D eigenvalue weighted by molar-refractivity contribution is 7.91. The quantitative estimate of drug-likeness (QED) is 0.641. The number of aliphatic hydroxyl groups excluding tert-OH is 1. The molecule has 11 heteroatoms. The molecule has 2 aromatic rings. The number of hydrogen-bond acceptors (Lipinski definition) is 5. The summed E-state index contributed by atoms with van der Waals surface area (Å²) in [6, 6.07) is 2.55. The highest BCUT2D eigenvalue weighted by Gasteiger charge is 2.30. The average Bonchev–Trinajstić information content (AvgIpc) is 3.43. The zero-order valence-corrected chi connectivity index (χ0v) is 17.9. The third kappa shape index (κ3) is 3.33. The molecule has 2 atom stereocenters. The van der Waals surface area contributed by atoms with Gasteiger partial charge in [0.05, 0.1) is 12.6 Å². The molecule has 0 saturated carbocycles. The van der Waals surface area contributed by atoms with Crippen LogP contribution in [0.1, 0.15) is 51.7 Å². The van der Waals surface area contributed by atoms with Crippen LogP contribution in [-0.2, 0) is 35.7 Å². The Kier molecular flexibility index (Phi) is 4.65. The molecule has 1 aromatic carbocycles. The minimum Gasteiger partial charge on any atom is -0.388 e. The predicted molar refractivity (Wildman–Crippen MR) is 113 cm³/mol. The summed E-state index contributed by atoms with van der Waals surface area (Å²) >= 11 is 0. The standard InChI is InChI=1S/C20H24N6O4S/c1-25-7-8-26-15(19(25)28)10-17(23-26)31(21,30)24-20(29)22-18-12-4-2-3-11(12)9-14-13(18)5-6-16(14)27/h9-10,16,27H,2-8H2,1H3,(H3,21,22,24,29,30). The van der Waals surface area contributed by atoms with E-state index < -0.39 is 22.1 Å². The highest BCUT2D eigenvalue weighted by Crippen LogP contribution is 2.42. The molecule has 10 nitrogen and oxygen atoms in total. The van der Waals surface area contributed by atoms with Gasteiger partial charge in [-0.1, -0.05) is 6.07 Å². The Bertz CT molecular complexity index is 1240. The van der Waals surface area contributed by atoms with Crippen LogP contribution in [-0.4, -0.2) is 49.5 Å². The van der Waals surface area contributed by atoms with Crippen molar-refractivity contribution >= 4 is 27.5 Å². The van der Waals surface area contributed by atoms with Crippen LogP contribution in [0.25, 0.3) is 0 Å². The lowest BCUT2D eigenvalue weighted by atomic mass is 9.98. The SMILES string of the molecule is CN1CCn2nc(S(N)(=O)=NC(=O)Nc3c4c(cc5c3CCC5O)CCC4)cc2C1=O. The number of fused-ring (bicyclic) bond motifs is 3. The number of nitrogens with two attached hydrogens (primary N) is 1. The minimum absolute atomic E-state index is 0.0970. The van der Waals surface area contributed by atoms with Crippen molar-refractivity contribution in [2.24, 2.45) is 9.50 Å². The van der Waals surface area contributed by atoms with Crippen LogP contribution in [0, 0.1) is 0 Å². The summed E-state index contributed by atoms with van der Waals surface area (Å²) in [6.07, 6.45) is 3.42. The fourth-order valence-electron chi connectivity index (χ4n) is 4.69. The highest BCUT2D eigenvalue weighted by atomic mass is 32.2. The summed E-state index contributed by atoms with van der Waals surface area (Å²) in [5, 5.41) is 23.0. The van der Waals surface area contributed by atoms with Gasteiger partial charge in [0.2, 0.25) is 0 Å². The van der Waals surface area contributed by atoms with Gasteiger partial charge in [-0.05, 0) is 54.4 Å². The van der Waals surface area contributed by atoms with Gasteiger partial charge in [0.1, 0.15) is 5.69 Å². The van der Waals surface area contributed by atoms with Crippen LogP contribution in [0.4, 0.5) is 10.5 Å². The number of amides is 3. The number of nitrogens with one attached hydrogen (secondary N) is 1. The van der Waals surface area contributed by atoms with Crippen LogP contribution in [0.15, 0.2) is 21.5 Å². The second kappa shape index (κ2) is 7.14. The molecule has 4 N–H and O–H groups in total. The van der Waals surface area contributed by atoms with Crippen molar-refractivity contribution in [2.45, 2.75) is 49.8 Å². The number of hydrogen-bond donors (Lipinski definition) is 3. The molecule has 31 heavy (non-hydrogen) atoms. The number of rotatable bonds is 2. The van der Waals surface area contributed by atoms with E-state index in [9.17, 15) is 18.9 Å². The van der Waals surface area contributed by atoms with Crippen molar-refractivity contribution in [1.82, 2.24) is 14.7 Å². The molecule has 3 amide bonds. The van der Waals surface area contributed by atoms with Gasteiger partial charge in [0.15, 0.2) is 14.9 Å². The first-order valence-corrected chi connectivity index (χ1v) is 11.9. The van der Waals surface area contributed by atoms with E-state index in [2.05, 4.69) is 14.8 Å². The van der Waals surface area contributed by atoms with E-state index in [0.717, 1.165) is 41.5 Å². The predicted octanol–water partition coefficient (Wildman–Crippen LogP) is 1.37. The summed E-state index contributed by atoms with van der Waals surface area (Å²) in [6.45, 7) is 0.927. The molecule has 164 valence electrons. The summed E-state index contributed by atoms with van der Waals surface area (Å²) in [5.41, 5.74) is 4.84. The fraction of sp³-hybridized carbons (Fsp3) is 0.450. The lowest BCUT2D eigenvalue weighted by Gasteiger charge is -2.22. The second-order valence-electron chi connectivity index (χ2n) is 8.27. The van der Waals surface area contributed by atoms with Gasteiger partial charge in [-0.3, -0.25) is 9.48 Å². The fourth-order valence-corrected chi connectivity index (χ4v) is 5.57. The lowest BCUT2D eigenvalue weighted by Crippen LogP contribution is -2.37. The number of benzene rings is 1. The number of carbonyl (C=O) groups excluding carboxylic acids is 2. The number of urea groups is 1. The van der Waals surface area contributed by atoms with Crippen molar-refractivity contribution < 1.29 is 18.9 Å². The van der Waals surface area contributed by atoms with Crippen molar-refractivity contribution in [3.63, 3.8) is 0 Å². The number of carbonyl (C=O) groups is 2. The van der Waals surface area contributed by atoms with Crippen LogP contribution < -0.4 is 10.5 Å². The third-order valence-corrected chi connectivity index (χ3v) is 7.53. The number of aryl methyl sites for hydroxylation is 1. The summed E-state index contributed by atoms with van der Waals surface area (Å²) in [4.78, 5) is 26.5. The van der Waals surface area contributed by atoms with Crippen LogP contribution in [0.5, 0.6) is 0 Å².